The number of hydrogen-bond donors (Lipinski definition) is 2. The van der Waals surface area contributed by atoms with Gasteiger partial charge in [0.15, 0.2) is 0 Å². The highest BCUT2D eigenvalue weighted by molar-refractivity contribution is 7.21. The van der Waals surface area contributed by atoms with Crippen LogP contribution >= 0.6 is 11.3 Å². The van der Waals surface area contributed by atoms with Crippen LogP contribution in [0.25, 0.3) is 10.1 Å². The normalized spacial score (nSPS) is 12.6. The van der Waals surface area contributed by atoms with Gasteiger partial charge in [0.05, 0.1) is 17.6 Å². The van der Waals surface area contributed by atoms with Gasteiger partial charge >= 0.3 is 0 Å². The fourth-order valence-electron chi connectivity index (χ4n) is 2.10. The highest BCUT2D eigenvalue weighted by atomic mass is 32.1. The first-order chi connectivity index (χ1) is 9.63. The van der Waals surface area contributed by atoms with E-state index in [-0.39, 0.29) is 12.5 Å². The largest absolute Gasteiger partial charge is 0.391 e. The van der Waals surface area contributed by atoms with Crippen molar-refractivity contribution < 1.29 is 14.6 Å². The Balaban J connectivity index is 1.99. The van der Waals surface area contributed by atoms with Crippen LogP contribution in [0.3, 0.4) is 0 Å². The van der Waals surface area contributed by atoms with E-state index < -0.39 is 6.10 Å². The van der Waals surface area contributed by atoms with Gasteiger partial charge in [0, 0.05) is 18.4 Å². The maximum atomic E-state index is 12.2. The Bertz CT molecular complexity index is 594. The lowest BCUT2D eigenvalue weighted by atomic mass is 10.1. The quantitative estimate of drug-likeness (QED) is 0.859. The summed E-state index contributed by atoms with van der Waals surface area (Å²) >= 11 is 1.50. The number of methoxy groups -OCH3 is 1. The summed E-state index contributed by atoms with van der Waals surface area (Å²) in [4.78, 5) is 12.9. The predicted molar refractivity (Wildman–Crippen MR) is 81.4 cm³/mol. The maximum Gasteiger partial charge on any atom is 0.261 e. The Hall–Kier alpha value is -1.43. The maximum absolute atomic E-state index is 12.2. The van der Waals surface area contributed by atoms with Gasteiger partial charge in [-0.2, -0.15) is 0 Å². The fraction of sp³-hybridized carbons (Fsp3) is 0.400. The number of rotatable bonds is 6. The smallest absolute Gasteiger partial charge is 0.261 e. The molecule has 0 fully saturated rings. The first kappa shape index (κ1) is 15.0. The lowest BCUT2D eigenvalue weighted by Crippen LogP contribution is -2.28. The highest BCUT2D eigenvalue weighted by Crippen LogP contribution is 2.30. The van der Waals surface area contributed by atoms with Crippen LogP contribution in [0.5, 0.6) is 0 Å². The first-order valence-corrected chi connectivity index (χ1v) is 7.38. The standard InChI is InChI=1S/C15H19NO3S/c1-10-12-5-3-4-6-13(12)20-14(10)15(18)16-8-7-11(17)9-19-2/h3-6,11,17H,7-9H2,1-2H3,(H,16,18). The third kappa shape index (κ3) is 3.36. The molecule has 0 aliphatic heterocycles. The number of carbonyl (C=O) groups is 1. The van der Waals surface area contributed by atoms with E-state index in [9.17, 15) is 9.90 Å². The van der Waals surface area contributed by atoms with E-state index in [1.165, 1.54) is 11.3 Å². The van der Waals surface area contributed by atoms with Crippen molar-refractivity contribution in [2.75, 3.05) is 20.3 Å². The molecule has 1 aromatic heterocycles. The highest BCUT2D eigenvalue weighted by Gasteiger charge is 2.15. The molecule has 0 saturated carbocycles. The number of ether oxygens (including phenoxy) is 1. The number of hydrogen-bond acceptors (Lipinski definition) is 4. The van der Waals surface area contributed by atoms with E-state index in [0.717, 1.165) is 20.5 Å². The molecule has 0 aliphatic carbocycles. The molecule has 0 spiro atoms. The van der Waals surface area contributed by atoms with Gasteiger partial charge in [0.25, 0.3) is 5.91 Å². The molecule has 0 bridgehead atoms. The van der Waals surface area contributed by atoms with Crippen molar-refractivity contribution in [1.82, 2.24) is 5.32 Å². The summed E-state index contributed by atoms with van der Waals surface area (Å²) in [5, 5.41) is 13.5. The second-order valence-electron chi connectivity index (χ2n) is 4.71. The molecule has 108 valence electrons. The van der Waals surface area contributed by atoms with E-state index >= 15 is 0 Å². The summed E-state index contributed by atoms with van der Waals surface area (Å²) in [5.41, 5.74) is 1.01. The average molecular weight is 293 g/mol. The molecule has 2 N–H and O–H groups in total. The lowest BCUT2D eigenvalue weighted by molar-refractivity contribution is 0.0588. The topological polar surface area (TPSA) is 58.6 Å². The van der Waals surface area contributed by atoms with Crippen molar-refractivity contribution in [3.63, 3.8) is 0 Å². The molecule has 0 aliphatic rings. The Labute approximate surface area is 122 Å². The second-order valence-corrected chi connectivity index (χ2v) is 5.76. The zero-order valence-electron chi connectivity index (χ0n) is 11.7. The fourth-order valence-corrected chi connectivity index (χ4v) is 3.22. The van der Waals surface area contributed by atoms with Gasteiger partial charge in [-0.1, -0.05) is 18.2 Å². The number of amides is 1. The molecule has 5 heteroatoms. The van der Waals surface area contributed by atoms with Crippen molar-refractivity contribution in [2.45, 2.75) is 19.4 Å². The zero-order valence-corrected chi connectivity index (χ0v) is 12.5. The monoisotopic (exact) mass is 293 g/mol. The van der Waals surface area contributed by atoms with E-state index in [2.05, 4.69) is 5.32 Å². The Morgan fingerprint density at radius 2 is 2.20 bits per heavy atom. The minimum Gasteiger partial charge on any atom is -0.391 e. The molecule has 4 nitrogen and oxygen atoms in total. The SMILES string of the molecule is COCC(O)CCNC(=O)c1sc2ccccc2c1C. The van der Waals surface area contributed by atoms with Gasteiger partial charge in [0.2, 0.25) is 0 Å². The number of fused-ring (bicyclic) bond motifs is 1. The number of aliphatic hydroxyl groups excluding tert-OH is 1. The molecule has 0 saturated heterocycles. The molecule has 1 atom stereocenters. The van der Waals surface area contributed by atoms with Crippen molar-refractivity contribution in [1.29, 1.82) is 0 Å². The van der Waals surface area contributed by atoms with Gasteiger partial charge in [-0.15, -0.1) is 11.3 Å². The van der Waals surface area contributed by atoms with Gasteiger partial charge in [-0.3, -0.25) is 4.79 Å². The summed E-state index contributed by atoms with van der Waals surface area (Å²) in [5.74, 6) is -0.0756. The molecule has 20 heavy (non-hydrogen) atoms. The summed E-state index contributed by atoms with van der Waals surface area (Å²) in [6.07, 6.45) is -0.0485. The van der Waals surface area contributed by atoms with Gasteiger partial charge in [0.1, 0.15) is 0 Å². The number of aliphatic hydroxyl groups is 1. The zero-order chi connectivity index (χ0) is 14.5. The van der Waals surface area contributed by atoms with Crippen molar-refractivity contribution in [3.8, 4) is 0 Å². The van der Waals surface area contributed by atoms with E-state index in [1.807, 2.05) is 31.2 Å². The molecule has 1 aromatic carbocycles. The van der Waals surface area contributed by atoms with Crippen LogP contribution in [0.2, 0.25) is 0 Å². The minimum atomic E-state index is -0.538. The van der Waals surface area contributed by atoms with Crippen molar-refractivity contribution in [2.24, 2.45) is 0 Å². The van der Waals surface area contributed by atoms with Gasteiger partial charge in [-0.05, 0) is 30.4 Å². The van der Waals surface area contributed by atoms with E-state index in [4.69, 9.17) is 4.74 Å². The third-order valence-corrected chi connectivity index (χ3v) is 4.44. The molecule has 2 aromatic rings. The molecule has 0 radical (unpaired) electrons. The molecular weight excluding hydrogens is 274 g/mol. The molecular formula is C15H19NO3S. The number of carbonyl (C=O) groups excluding carboxylic acids is 1. The van der Waals surface area contributed by atoms with Gasteiger partial charge in [-0.25, -0.2) is 0 Å². The van der Waals surface area contributed by atoms with Crippen LogP contribution in [0.15, 0.2) is 24.3 Å². The van der Waals surface area contributed by atoms with E-state index in [1.54, 1.807) is 7.11 Å². The average Bonchev–Trinajstić information content (AvgIpc) is 2.77. The number of nitrogens with one attached hydrogen (secondary N) is 1. The predicted octanol–water partition coefficient (Wildman–Crippen LogP) is 2.34. The van der Waals surface area contributed by atoms with Crippen LogP contribution in [0, 0.1) is 6.92 Å². The van der Waals surface area contributed by atoms with Crippen LogP contribution in [-0.4, -0.2) is 37.4 Å². The Kier molecular flexibility index (Phi) is 5.11. The summed E-state index contributed by atoms with van der Waals surface area (Å²) in [6, 6.07) is 8.00. The summed E-state index contributed by atoms with van der Waals surface area (Å²) in [7, 11) is 1.54. The molecule has 1 amide bonds. The van der Waals surface area contributed by atoms with Crippen LogP contribution < -0.4 is 5.32 Å². The van der Waals surface area contributed by atoms with Crippen LogP contribution in [0.4, 0.5) is 0 Å². The molecule has 1 heterocycles. The van der Waals surface area contributed by atoms with Crippen molar-refractivity contribution in [3.05, 3.63) is 34.7 Å². The number of aryl methyl sites for hydroxylation is 1. The van der Waals surface area contributed by atoms with Crippen LogP contribution in [-0.2, 0) is 4.74 Å². The molecule has 1 unspecified atom stereocenters. The second kappa shape index (κ2) is 6.83. The van der Waals surface area contributed by atoms with Crippen molar-refractivity contribution >= 4 is 27.3 Å². The first-order valence-electron chi connectivity index (χ1n) is 6.56. The lowest BCUT2D eigenvalue weighted by Gasteiger charge is -2.09. The Morgan fingerprint density at radius 3 is 2.90 bits per heavy atom. The summed E-state index contributed by atoms with van der Waals surface area (Å²) < 4.78 is 5.96. The summed E-state index contributed by atoms with van der Waals surface area (Å²) in [6.45, 7) is 2.70. The minimum absolute atomic E-state index is 0.0756. The molecule has 2 rings (SSSR count). The third-order valence-electron chi connectivity index (χ3n) is 3.17. The van der Waals surface area contributed by atoms with Gasteiger partial charge < -0.3 is 15.2 Å². The Morgan fingerprint density at radius 1 is 1.45 bits per heavy atom. The van der Waals surface area contributed by atoms with Crippen LogP contribution in [0.1, 0.15) is 21.7 Å². The number of thiophene rings is 1. The van der Waals surface area contributed by atoms with E-state index in [0.29, 0.717) is 13.0 Å². The number of benzene rings is 1.